The van der Waals surface area contributed by atoms with Gasteiger partial charge in [0.25, 0.3) is 10.1 Å². The van der Waals surface area contributed by atoms with Crippen LogP contribution in [0.5, 0.6) is 0 Å². The zero-order chi connectivity index (χ0) is 25.5. The van der Waals surface area contributed by atoms with Gasteiger partial charge in [-0.3, -0.25) is 14.2 Å². The van der Waals surface area contributed by atoms with Crippen molar-refractivity contribution in [3.05, 3.63) is 56.0 Å². The van der Waals surface area contributed by atoms with Crippen LogP contribution in [0, 0.1) is 20.8 Å². The van der Waals surface area contributed by atoms with Gasteiger partial charge in [0.1, 0.15) is 4.90 Å². The minimum atomic E-state index is -4.14. The second-order valence-electron chi connectivity index (χ2n) is 8.62. The van der Waals surface area contributed by atoms with Crippen molar-refractivity contribution >= 4 is 66.0 Å². The van der Waals surface area contributed by atoms with Gasteiger partial charge in [-0.1, -0.05) is 53.9 Å². The summed E-state index contributed by atoms with van der Waals surface area (Å²) in [7, 11) is -4.14. The maximum absolute atomic E-state index is 12.7. The maximum atomic E-state index is 12.7. The minimum Gasteiger partial charge on any atom is -0.412 e. The molecule has 1 unspecified atom stereocenters. The summed E-state index contributed by atoms with van der Waals surface area (Å²) in [5, 5.41) is 3.17. The number of nitrogens with one attached hydrogen (secondary N) is 1. The van der Waals surface area contributed by atoms with E-state index in [1.165, 1.54) is 25.3 Å². The monoisotopic (exact) mass is 670 g/mol. The summed E-state index contributed by atoms with van der Waals surface area (Å²) < 4.78 is 31.6. The number of para-hydroxylation sites is 1. The average Bonchev–Trinajstić information content (AvgIpc) is 2.78. The van der Waals surface area contributed by atoms with Crippen LogP contribution in [0.2, 0.25) is 0 Å². The standard InChI is InChI=1S/C18H28N2O.C7H6Br2O3S.ClH.H2O/c1-4-5-12-20-13-7-6-11-16(20)18(21)19-17-14(2)9-8-10-15(17)3;1-4-5(8)2-3-6(7(4)9)13(10,11)12;;/h8-10,16H,4-7,11-13H2,1-3H3,(H,19,21);2-3H,1H3,(H,10,11,12);1H;1H2. The summed E-state index contributed by atoms with van der Waals surface area (Å²) in [6.45, 7) is 10.2. The smallest absolute Gasteiger partial charge is 0.295 e. The Morgan fingerprint density at radius 1 is 1.11 bits per heavy atom. The van der Waals surface area contributed by atoms with Crippen molar-refractivity contribution in [1.29, 1.82) is 0 Å². The van der Waals surface area contributed by atoms with E-state index < -0.39 is 10.1 Å². The molecule has 0 bridgehead atoms. The van der Waals surface area contributed by atoms with Gasteiger partial charge in [0.05, 0.1) is 6.04 Å². The minimum absolute atomic E-state index is 0. The van der Waals surface area contributed by atoms with Gasteiger partial charge in [-0.2, -0.15) is 8.42 Å². The van der Waals surface area contributed by atoms with Gasteiger partial charge in [0.15, 0.2) is 0 Å². The lowest BCUT2D eigenvalue weighted by Gasteiger charge is -2.34. The Labute approximate surface area is 238 Å². The molecule has 1 aliphatic rings. The predicted molar refractivity (Wildman–Crippen MR) is 156 cm³/mol. The van der Waals surface area contributed by atoms with Crippen molar-refractivity contribution in [3.63, 3.8) is 0 Å². The van der Waals surface area contributed by atoms with E-state index in [9.17, 15) is 13.2 Å². The fraction of sp³-hybridized carbons (Fsp3) is 0.480. The molecule has 4 N–H and O–H groups in total. The van der Waals surface area contributed by atoms with Crippen LogP contribution < -0.4 is 5.32 Å². The first kappa shape index (κ1) is 35.0. The summed E-state index contributed by atoms with van der Waals surface area (Å²) in [5.41, 5.74) is 4.00. The molecule has 2 aromatic rings. The lowest BCUT2D eigenvalue weighted by atomic mass is 10.00. The van der Waals surface area contributed by atoms with Gasteiger partial charge < -0.3 is 10.8 Å². The van der Waals surface area contributed by atoms with Crippen LogP contribution in [0.4, 0.5) is 5.69 Å². The molecule has 0 aromatic heterocycles. The topological polar surface area (TPSA) is 118 Å². The molecule has 36 heavy (non-hydrogen) atoms. The first-order valence-electron chi connectivity index (χ1n) is 11.5. The third kappa shape index (κ3) is 9.70. The number of halogens is 3. The zero-order valence-electron chi connectivity index (χ0n) is 21.1. The Morgan fingerprint density at radius 3 is 2.28 bits per heavy atom. The second-order valence-corrected chi connectivity index (χ2v) is 11.7. The number of hydrogen-bond donors (Lipinski definition) is 2. The molecule has 2 aromatic carbocycles. The van der Waals surface area contributed by atoms with Crippen LogP contribution in [-0.2, 0) is 14.9 Å². The number of benzene rings is 2. The Morgan fingerprint density at radius 2 is 1.72 bits per heavy atom. The molecular formula is C25H37Br2ClN2O5S. The Kier molecular flexibility index (Phi) is 15.6. The van der Waals surface area contributed by atoms with Crippen LogP contribution in [0.25, 0.3) is 0 Å². The molecule has 0 spiro atoms. The summed E-state index contributed by atoms with van der Waals surface area (Å²) in [6.07, 6.45) is 5.72. The fourth-order valence-electron chi connectivity index (χ4n) is 3.97. The molecular weight excluding hydrogens is 636 g/mol. The van der Waals surface area contributed by atoms with Crippen LogP contribution in [-0.4, -0.2) is 48.4 Å². The summed E-state index contributed by atoms with van der Waals surface area (Å²) in [4.78, 5) is 14.9. The highest BCUT2D eigenvalue weighted by Gasteiger charge is 2.28. The number of nitrogens with zero attached hydrogens (tertiary/aromatic N) is 1. The van der Waals surface area contributed by atoms with E-state index in [0.717, 1.165) is 52.8 Å². The van der Waals surface area contributed by atoms with E-state index in [-0.39, 0.29) is 34.7 Å². The molecule has 1 saturated heterocycles. The highest BCUT2D eigenvalue weighted by molar-refractivity contribution is 9.11. The first-order valence-corrected chi connectivity index (χ1v) is 14.5. The molecule has 1 amide bonds. The maximum Gasteiger partial charge on any atom is 0.295 e. The molecule has 204 valence electrons. The highest BCUT2D eigenvalue weighted by Crippen LogP contribution is 2.30. The quantitative estimate of drug-likeness (QED) is 0.352. The lowest BCUT2D eigenvalue weighted by molar-refractivity contribution is -0.122. The van der Waals surface area contributed by atoms with Crippen molar-refractivity contribution in [2.45, 2.75) is 70.7 Å². The molecule has 11 heteroatoms. The lowest BCUT2D eigenvalue weighted by Crippen LogP contribution is -2.47. The predicted octanol–water partition coefficient (Wildman–Crippen LogP) is 6.26. The van der Waals surface area contributed by atoms with E-state index in [0.29, 0.717) is 4.47 Å². The van der Waals surface area contributed by atoms with Crippen molar-refractivity contribution in [3.8, 4) is 0 Å². The van der Waals surface area contributed by atoms with E-state index in [2.05, 4.69) is 75.0 Å². The number of amides is 1. The number of anilines is 1. The summed E-state index contributed by atoms with van der Waals surface area (Å²) >= 11 is 6.34. The third-order valence-electron chi connectivity index (χ3n) is 6.01. The van der Waals surface area contributed by atoms with Gasteiger partial charge in [0.2, 0.25) is 5.91 Å². The summed E-state index contributed by atoms with van der Waals surface area (Å²) in [5.74, 6) is 0.170. The van der Waals surface area contributed by atoms with E-state index in [1.54, 1.807) is 13.0 Å². The largest absolute Gasteiger partial charge is 0.412 e. The van der Waals surface area contributed by atoms with Crippen LogP contribution in [0.1, 0.15) is 55.7 Å². The second kappa shape index (κ2) is 16.1. The van der Waals surface area contributed by atoms with E-state index in [1.807, 2.05) is 6.07 Å². The van der Waals surface area contributed by atoms with Gasteiger partial charge in [-0.05, 0) is 97.9 Å². The Hall–Kier alpha value is -1.01. The summed E-state index contributed by atoms with van der Waals surface area (Å²) in [6, 6.07) is 9.09. The number of aryl methyl sites for hydroxylation is 2. The Bertz CT molecular complexity index is 1100. The number of likely N-dealkylation sites (tertiary alicyclic amines) is 1. The number of carbonyl (C=O) groups is 1. The fourth-order valence-corrected chi connectivity index (χ4v) is 6.15. The van der Waals surface area contributed by atoms with Crippen molar-refractivity contribution < 1.29 is 23.2 Å². The van der Waals surface area contributed by atoms with Crippen molar-refractivity contribution in [2.75, 3.05) is 18.4 Å². The molecule has 0 aliphatic carbocycles. The van der Waals surface area contributed by atoms with Gasteiger partial charge in [-0.25, -0.2) is 0 Å². The average molecular weight is 673 g/mol. The SMILES string of the molecule is CCCCN1CCCCC1C(=O)Nc1c(C)cccc1C.Cc1c(Br)ccc(S(=O)(=O)O)c1Br.Cl.O. The van der Waals surface area contributed by atoms with Crippen LogP contribution in [0.15, 0.2) is 44.2 Å². The molecule has 0 saturated carbocycles. The molecule has 7 nitrogen and oxygen atoms in total. The van der Waals surface area contributed by atoms with E-state index in [4.69, 9.17) is 4.55 Å². The van der Waals surface area contributed by atoms with E-state index >= 15 is 0 Å². The number of hydrogen-bond acceptors (Lipinski definition) is 4. The first-order chi connectivity index (χ1) is 16.0. The normalized spacial score (nSPS) is 15.6. The van der Waals surface area contributed by atoms with Gasteiger partial charge >= 0.3 is 0 Å². The third-order valence-corrected chi connectivity index (χ3v) is 9.05. The molecule has 0 radical (unpaired) electrons. The van der Waals surface area contributed by atoms with Gasteiger partial charge in [0, 0.05) is 14.6 Å². The zero-order valence-corrected chi connectivity index (χ0v) is 25.9. The number of unbranched alkanes of at least 4 members (excludes halogenated alkanes) is 1. The van der Waals surface area contributed by atoms with Gasteiger partial charge in [-0.15, -0.1) is 12.4 Å². The molecule has 3 rings (SSSR count). The molecule has 1 atom stereocenters. The highest BCUT2D eigenvalue weighted by atomic mass is 79.9. The molecule has 1 aliphatic heterocycles. The molecule has 1 heterocycles. The van der Waals surface area contributed by atoms with Crippen molar-refractivity contribution in [1.82, 2.24) is 4.90 Å². The number of piperidine rings is 1. The number of rotatable bonds is 6. The Balaban J connectivity index is 0.000000711. The molecule has 1 fully saturated rings. The van der Waals surface area contributed by atoms with Crippen LogP contribution in [0.3, 0.4) is 0 Å². The van der Waals surface area contributed by atoms with Crippen molar-refractivity contribution in [2.24, 2.45) is 0 Å². The van der Waals surface area contributed by atoms with Crippen LogP contribution >= 0.6 is 44.3 Å². The number of carbonyl (C=O) groups excluding carboxylic acids is 1.